The van der Waals surface area contributed by atoms with Gasteiger partial charge in [-0.3, -0.25) is 9.59 Å². The highest BCUT2D eigenvalue weighted by molar-refractivity contribution is 7.89. The van der Waals surface area contributed by atoms with Crippen molar-refractivity contribution in [2.45, 2.75) is 49.5 Å². The molecule has 12 heteroatoms. The van der Waals surface area contributed by atoms with Gasteiger partial charge in [-0.15, -0.1) is 11.3 Å². The first-order chi connectivity index (χ1) is 16.8. The van der Waals surface area contributed by atoms with Crippen molar-refractivity contribution in [3.05, 3.63) is 41.2 Å². The summed E-state index contributed by atoms with van der Waals surface area (Å²) >= 11 is 1.28. The Kier molecular flexibility index (Phi) is 7.78. The van der Waals surface area contributed by atoms with Gasteiger partial charge < -0.3 is 10.2 Å². The largest absolute Gasteiger partial charge is 0.328 e. The molecule has 2 amide bonds. The molecule has 186 valence electrons. The van der Waals surface area contributed by atoms with Crippen molar-refractivity contribution in [1.82, 2.24) is 14.2 Å². The molecule has 35 heavy (non-hydrogen) atoms. The van der Waals surface area contributed by atoms with Gasteiger partial charge in [-0.2, -0.15) is 9.57 Å². The number of amides is 2. The fourth-order valence-electron chi connectivity index (χ4n) is 4.69. The highest BCUT2D eigenvalue weighted by Gasteiger charge is 2.39. The molecule has 2 aliphatic rings. The van der Waals surface area contributed by atoms with E-state index in [-0.39, 0.29) is 29.5 Å². The number of nitrogens with one attached hydrogen (secondary N) is 1. The van der Waals surface area contributed by atoms with Crippen molar-refractivity contribution in [3.63, 3.8) is 0 Å². The highest BCUT2D eigenvalue weighted by atomic mass is 32.2. The molecular formula is C23H26FN5O4S2. The smallest absolute Gasteiger partial charge is 0.248 e. The maximum atomic E-state index is 13.7. The lowest BCUT2D eigenvalue weighted by Crippen LogP contribution is -2.58. The Morgan fingerprint density at radius 3 is 2.71 bits per heavy atom. The van der Waals surface area contributed by atoms with Gasteiger partial charge in [0.05, 0.1) is 17.0 Å². The summed E-state index contributed by atoms with van der Waals surface area (Å²) in [5, 5.41) is 14.0. The summed E-state index contributed by atoms with van der Waals surface area (Å²) in [4.78, 5) is 31.7. The van der Waals surface area contributed by atoms with Crippen LogP contribution in [0.3, 0.4) is 0 Å². The third-order valence-electron chi connectivity index (χ3n) is 6.54. The molecule has 1 saturated carbocycles. The zero-order valence-corrected chi connectivity index (χ0v) is 20.7. The molecule has 0 unspecified atom stereocenters. The number of aromatic nitrogens is 1. The Labute approximate surface area is 207 Å². The minimum atomic E-state index is -4.12. The van der Waals surface area contributed by atoms with E-state index in [2.05, 4.69) is 10.3 Å². The summed E-state index contributed by atoms with van der Waals surface area (Å²) in [6, 6.07) is 3.87. The van der Waals surface area contributed by atoms with Gasteiger partial charge in [-0.25, -0.2) is 17.8 Å². The molecular weight excluding hydrogens is 493 g/mol. The van der Waals surface area contributed by atoms with Crippen LogP contribution in [0.15, 0.2) is 34.7 Å². The van der Waals surface area contributed by atoms with Crippen LogP contribution < -0.4 is 5.32 Å². The van der Waals surface area contributed by atoms with Gasteiger partial charge in [-0.1, -0.05) is 32.1 Å². The number of hydrogen-bond donors (Lipinski definition) is 1. The SMILES string of the molecule is N#Cc1cc(S(=O)(=O)N2CCN([C@@H](CC3CCCCC3)C(=O)Nc3nccs3)C(=O)C2)ccc1F. The molecule has 1 aromatic heterocycles. The van der Waals surface area contributed by atoms with E-state index in [9.17, 15) is 22.4 Å². The first kappa shape index (κ1) is 25.2. The van der Waals surface area contributed by atoms with Crippen LogP contribution in [-0.2, 0) is 19.6 Å². The van der Waals surface area contributed by atoms with Crippen molar-refractivity contribution in [3.8, 4) is 6.07 Å². The number of nitriles is 1. The average molecular weight is 520 g/mol. The minimum absolute atomic E-state index is 0.0148. The van der Waals surface area contributed by atoms with Crippen molar-refractivity contribution < 1.29 is 22.4 Å². The maximum Gasteiger partial charge on any atom is 0.248 e. The molecule has 1 aliphatic carbocycles. The molecule has 0 bridgehead atoms. The van der Waals surface area contributed by atoms with Gasteiger partial charge in [-0.05, 0) is 30.5 Å². The number of rotatable bonds is 7. The number of hydrogen-bond acceptors (Lipinski definition) is 7. The van der Waals surface area contributed by atoms with Crippen LogP contribution in [0.1, 0.15) is 44.1 Å². The van der Waals surface area contributed by atoms with E-state index in [1.165, 1.54) is 22.7 Å². The number of anilines is 1. The zero-order chi connectivity index (χ0) is 25.0. The Balaban J connectivity index is 1.51. The molecule has 2 fully saturated rings. The Hall–Kier alpha value is -2.88. The van der Waals surface area contributed by atoms with Crippen LogP contribution in [0.25, 0.3) is 0 Å². The summed E-state index contributed by atoms with van der Waals surface area (Å²) < 4.78 is 40.9. The number of carbonyl (C=O) groups excluding carboxylic acids is 2. The molecule has 4 rings (SSSR count). The van der Waals surface area contributed by atoms with E-state index in [4.69, 9.17) is 5.26 Å². The number of carbonyl (C=O) groups is 2. The van der Waals surface area contributed by atoms with E-state index >= 15 is 0 Å². The van der Waals surface area contributed by atoms with Crippen LogP contribution in [-0.4, -0.2) is 60.1 Å². The van der Waals surface area contributed by atoms with E-state index in [0.29, 0.717) is 17.5 Å². The molecule has 1 saturated heterocycles. The summed E-state index contributed by atoms with van der Waals surface area (Å²) in [5.41, 5.74) is -0.387. The number of nitrogens with zero attached hydrogens (tertiary/aromatic N) is 4. The van der Waals surface area contributed by atoms with Gasteiger partial charge in [0.15, 0.2) is 5.13 Å². The van der Waals surface area contributed by atoms with E-state index in [0.717, 1.165) is 48.2 Å². The molecule has 1 aliphatic heterocycles. The summed E-state index contributed by atoms with van der Waals surface area (Å²) in [7, 11) is -4.12. The van der Waals surface area contributed by atoms with Crippen LogP contribution in [0.2, 0.25) is 0 Å². The fourth-order valence-corrected chi connectivity index (χ4v) is 6.63. The Morgan fingerprint density at radius 1 is 1.29 bits per heavy atom. The van der Waals surface area contributed by atoms with Crippen molar-refractivity contribution in [2.24, 2.45) is 5.92 Å². The average Bonchev–Trinajstić information content (AvgIpc) is 3.36. The summed E-state index contributed by atoms with van der Waals surface area (Å²) in [5.74, 6) is -1.30. The zero-order valence-electron chi connectivity index (χ0n) is 19.0. The second-order valence-corrected chi connectivity index (χ2v) is 11.6. The lowest BCUT2D eigenvalue weighted by Gasteiger charge is -2.39. The number of thiazole rings is 1. The van der Waals surface area contributed by atoms with Crippen molar-refractivity contribution in [1.29, 1.82) is 5.26 Å². The van der Waals surface area contributed by atoms with Crippen molar-refractivity contribution >= 4 is 38.3 Å². The first-order valence-electron chi connectivity index (χ1n) is 11.5. The second-order valence-electron chi connectivity index (χ2n) is 8.76. The number of piperazine rings is 1. The molecule has 0 spiro atoms. The monoisotopic (exact) mass is 519 g/mol. The highest BCUT2D eigenvalue weighted by Crippen LogP contribution is 2.30. The Bertz CT molecular complexity index is 1220. The molecule has 2 heterocycles. The maximum absolute atomic E-state index is 13.7. The van der Waals surface area contributed by atoms with Crippen LogP contribution in [0.4, 0.5) is 9.52 Å². The molecule has 0 radical (unpaired) electrons. The van der Waals surface area contributed by atoms with Crippen LogP contribution >= 0.6 is 11.3 Å². The topological polar surface area (TPSA) is 123 Å². The molecule has 1 aromatic carbocycles. The number of sulfonamides is 1. The number of benzene rings is 1. The predicted octanol–water partition coefficient (Wildman–Crippen LogP) is 2.96. The molecule has 1 atom stereocenters. The van der Waals surface area contributed by atoms with E-state index in [1.54, 1.807) is 17.6 Å². The molecule has 2 aromatic rings. The molecule has 1 N–H and O–H groups in total. The summed E-state index contributed by atoms with van der Waals surface area (Å²) in [6.45, 7) is -0.403. The first-order valence-corrected chi connectivity index (χ1v) is 13.8. The van der Waals surface area contributed by atoms with Crippen LogP contribution in [0.5, 0.6) is 0 Å². The lowest BCUT2D eigenvalue weighted by molar-refractivity contribution is -0.142. The normalized spacial score (nSPS) is 18.7. The Morgan fingerprint density at radius 2 is 2.06 bits per heavy atom. The number of halogens is 1. The second kappa shape index (κ2) is 10.8. The van der Waals surface area contributed by atoms with Gasteiger partial charge in [0, 0.05) is 24.7 Å². The van der Waals surface area contributed by atoms with Crippen molar-refractivity contribution in [2.75, 3.05) is 25.0 Å². The van der Waals surface area contributed by atoms with Crippen LogP contribution in [0, 0.1) is 23.1 Å². The van der Waals surface area contributed by atoms with E-state index < -0.39 is 34.3 Å². The standard InChI is InChI=1S/C23H26FN5O4S2/c24-19-7-6-18(13-17(19)14-25)35(32,33)28-9-10-29(21(30)15-28)20(12-16-4-2-1-3-5-16)22(31)27-23-26-8-11-34-23/h6-8,11,13,16,20H,1-5,9-10,12,15H2,(H,26,27,31)/t20-/m0/s1. The molecule has 9 nitrogen and oxygen atoms in total. The quantitative estimate of drug-likeness (QED) is 0.600. The van der Waals surface area contributed by atoms with Gasteiger partial charge >= 0.3 is 0 Å². The van der Waals surface area contributed by atoms with E-state index in [1.807, 2.05) is 0 Å². The third-order valence-corrected chi connectivity index (χ3v) is 9.07. The third kappa shape index (κ3) is 5.69. The van der Waals surface area contributed by atoms with Gasteiger partial charge in [0.25, 0.3) is 0 Å². The lowest BCUT2D eigenvalue weighted by atomic mass is 9.84. The minimum Gasteiger partial charge on any atom is -0.328 e. The van der Waals surface area contributed by atoms with Gasteiger partial charge in [0.1, 0.15) is 17.9 Å². The van der Waals surface area contributed by atoms with Gasteiger partial charge in [0.2, 0.25) is 21.8 Å². The summed E-state index contributed by atoms with van der Waals surface area (Å²) in [6.07, 6.45) is 7.43. The predicted molar refractivity (Wildman–Crippen MR) is 127 cm³/mol. The fraction of sp³-hybridized carbons (Fsp3) is 0.478.